The van der Waals surface area contributed by atoms with Crippen molar-refractivity contribution in [1.82, 2.24) is 5.32 Å². The molecule has 0 aliphatic carbocycles. The van der Waals surface area contributed by atoms with Crippen LogP contribution in [0, 0.1) is 5.92 Å². The summed E-state index contributed by atoms with van der Waals surface area (Å²) < 4.78 is 12.5. The number of hydrogen-bond donors (Lipinski definition) is 1. The van der Waals surface area contributed by atoms with Gasteiger partial charge in [0.2, 0.25) is 0 Å². The average Bonchev–Trinajstić information content (AvgIpc) is 2.99. The van der Waals surface area contributed by atoms with Gasteiger partial charge in [0.1, 0.15) is 5.76 Å². The van der Waals surface area contributed by atoms with E-state index in [-0.39, 0.29) is 6.04 Å². The van der Waals surface area contributed by atoms with E-state index in [9.17, 15) is 0 Å². The van der Waals surface area contributed by atoms with Crippen LogP contribution in [0.25, 0.3) is 0 Å². The molecular formula is C14H22BrNO2. The molecule has 1 N–H and O–H groups in total. The number of rotatable bonds is 6. The number of ether oxygens (including phenoxy) is 1. The standard InChI is InChI=1S/C14H22BrNO2/c1-3-7-16-13(14-11(15)6-9-18-14)10-5-8-17-12(10)4-2/h6,9-10,12-13,16H,3-5,7-8H2,1-2H3. The maximum Gasteiger partial charge on any atom is 0.135 e. The van der Waals surface area contributed by atoms with Gasteiger partial charge in [-0.15, -0.1) is 0 Å². The molecule has 0 saturated carbocycles. The summed E-state index contributed by atoms with van der Waals surface area (Å²) in [5.41, 5.74) is 0. The van der Waals surface area contributed by atoms with Gasteiger partial charge in [0, 0.05) is 12.5 Å². The minimum absolute atomic E-state index is 0.252. The van der Waals surface area contributed by atoms with Crippen molar-refractivity contribution in [2.24, 2.45) is 5.92 Å². The van der Waals surface area contributed by atoms with Crippen molar-refractivity contribution in [1.29, 1.82) is 0 Å². The van der Waals surface area contributed by atoms with Crippen molar-refractivity contribution >= 4 is 15.9 Å². The Hall–Kier alpha value is -0.320. The molecule has 1 fully saturated rings. The van der Waals surface area contributed by atoms with Crippen molar-refractivity contribution in [3.8, 4) is 0 Å². The van der Waals surface area contributed by atoms with E-state index in [4.69, 9.17) is 9.15 Å². The smallest absolute Gasteiger partial charge is 0.135 e. The van der Waals surface area contributed by atoms with E-state index in [1.54, 1.807) is 6.26 Å². The minimum atomic E-state index is 0.252. The molecule has 2 heterocycles. The maximum absolute atomic E-state index is 5.82. The normalized spacial score (nSPS) is 25.5. The summed E-state index contributed by atoms with van der Waals surface area (Å²) in [7, 11) is 0. The van der Waals surface area contributed by atoms with E-state index in [0.29, 0.717) is 12.0 Å². The summed E-state index contributed by atoms with van der Waals surface area (Å²) in [4.78, 5) is 0. The summed E-state index contributed by atoms with van der Waals surface area (Å²) in [5.74, 6) is 1.52. The van der Waals surface area contributed by atoms with Crippen LogP contribution in [-0.4, -0.2) is 19.3 Å². The molecule has 0 bridgehead atoms. The lowest BCUT2D eigenvalue weighted by molar-refractivity contribution is 0.0746. The van der Waals surface area contributed by atoms with Gasteiger partial charge in [0.25, 0.3) is 0 Å². The van der Waals surface area contributed by atoms with Gasteiger partial charge in [0.05, 0.1) is 22.9 Å². The summed E-state index contributed by atoms with van der Waals surface area (Å²) in [5, 5.41) is 3.62. The maximum atomic E-state index is 5.82. The van der Waals surface area contributed by atoms with Crippen LogP contribution in [0.4, 0.5) is 0 Å². The van der Waals surface area contributed by atoms with Crippen LogP contribution in [0.2, 0.25) is 0 Å². The van der Waals surface area contributed by atoms with E-state index in [1.165, 1.54) is 0 Å². The fraction of sp³-hybridized carbons (Fsp3) is 0.714. The van der Waals surface area contributed by atoms with Crippen molar-refractivity contribution in [2.45, 2.75) is 45.3 Å². The zero-order valence-corrected chi connectivity index (χ0v) is 12.7. The predicted molar refractivity (Wildman–Crippen MR) is 75.6 cm³/mol. The number of hydrogen-bond acceptors (Lipinski definition) is 3. The second kappa shape index (κ2) is 6.73. The molecule has 4 heteroatoms. The Balaban J connectivity index is 2.17. The van der Waals surface area contributed by atoms with Gasteiger partial charge in [-0.2, -0.15) is 0 Å². The van der Waals surface area contributed by atoms with Gasteiger partial charge < -0.3 is 14.5 Å². The summed E-state index contributed by atoms with van der Waals surface area (Å²) in [6, 6.07) is 2.22. The zero-order chi connectivity index (χ0) is 13.0. The van der Waals surface area contributed by atoms with E-state index < -0.39 is 0 Å². The van der Waals surface area contributed by atoms with Crippen LogP contribution in [-0.2, 0) is 4.74 Å². The average molecular weight is 316 g/mol. The van der Waals surface area contributed by atoms with Crippen molar-refractivity contribution < 1.29 is 9.15 Å². The molecule has 0 spiro atoms. The van der Waals surface area contributed by atoms with Crippen LogP contribution < -0.4 is 5.32 Å². The quantitative estimate of drug-likeness (QED) is 0.864. The van der Waals surface area contributed by atoms with Gasteiger partial charge in [-0.25, -0.2) is 0 Å². The van der Waals surface area contributed by atoms with Crippen LogP contribution in [0.1, 0.15) is 44.9 Å². The highest BCUT2D eigenvalue weighted by molar-refractivity contribution is 9.10. The van der Waals surface area contributed by atoms with Gasteiger partial charge >= 0.3 is 0 Å². The lowest BCUT2D eigenvalue weighted by Gasteiger charge is -2.27. The molecule has 3 nitrogen and oxygen atoms in total. The first-order valence-corrected chi connectivity index (χ1v) is 7.65. The first-order valence-electron chi connectivity index (χ1n) is 6.85. The van der Waals surface area contributed by atoms with E-state index in [1.807, 2.05) is 6.07 Å². The first-order chi connectivity index (χ1) is 8.77. The van der Waals surface area contributed by atoms with Crippen LogP contribution >= 0.6 is 15.9 Å². The molecule has 1 aromatic heterocycles. The third kappa shape index (κ3) is 2.98. The predicted octanol–water partition coefficient (Wildman–Crippen LogP) is 3.90. The summed E-state index contributed by atoms with van der Waals surface area (Å²) in [6.07, 6.45) is 5.38. The van der Waals surface area contributed by atoms with Crippen molar-refractivity contribution in [3.05, 3.63) is 22.6 Å². The molecular weight excluding hydrogens is 294 g/mol. The molecule has 1 saturated heterocycles. The Morgan fingerprint density at radius 3 is 2.94 bits per heavy atom. The molecule has 0 aromatic carbocycles. The van der Waals surface area contributed by atoms with Crippen LogP contribution in [0.3, 0.4) is 0 Å². The highest BCUT2D eigenvalue weighted by atomic mass is 79.9. The Morgan fingerprint density at radius 2 is 2.33 bits per heavy atom. The summed E-state index contributed by atoms with van der Waals surface area (Å²) >= 11 is 3.57. The third-order valence-corrected chi connectivity index (χ3v) is 4.29. The topological polar surface area (TPSA) is 34.4 Å². The number of halogens is 1. The van der Waals surface area contributed by atoms with Gasteiger partial charge in [0.15, 0.2) is 0 Å². The lowest BCUT2D eigenvalue weighted by atomic mass is 9.89. The molecule has 2 rings (SSSR count). The monoisotopic (exact) mass is 315 g/mol. The highest BCUT2D eigenvalue weighted by Gasteiger charge is 2.36. The Labute approximate surface area is 117 Å². The molecule has 3 unspecified atom stereocenters. The second-order valence-corrected chi connectivity index (χ2v) is 5.69. The molecule has 102 valence electrons. The summed E-state index contributed by atoms with van der Waals surface area (Å²) in [6.45, 7) is 6.25. The van der Waals surface area contributed by atoms with Gasteiger partial charge in [-0.1, -0.05) is 13.8 Å². The Kier molecular flexibility index (Phi) is 5.27. The van der Waals surface area contributed by atoms with E-state index >= 15 is 0 Å². The molecule has 0 radical (unpaired) electrons. The SMILES string of the molecule is CCCNC(c1occc1Br)C1CCOC1CC. The highest BCUT2D eigenvalue weighted by Crippen LogP contribution is 2.37. The minimum Gasteiger partial charge on any atom is -0.466 e. The molecule has 0 amide bonds. The van der Waals surface area contributed by atoms with E-state index in [2.05, 4.69) is 35.1 Å². The fourth-order valence-electron chi connectivity index (χ4n) is 2.73. The second-order valence-electron chi connectivity index (χ2n) is 4.83. The Morgan fingerprint density at radius 1 is 1.50 bits per heavy atom. The van der Waals surface area contributed by atoms with Gasteiger partial charge in [-0.05, 0) is 47.8 Å². The molecule has 3 atom stereocenters. The van der Waals surface area contributed by atoms with E-state index in [0.717, 1.165) is 42.6 Å². The molecule has 18 heavy (non-hydrogen) atoms. The fourth-order valence-corrected chi connectivity index (χ4v) is 3.18. The zero-order valence-electron chi connectivity index (χ0n) is 11.1. The van der Waals surface area contributed by atoms with Gasteiger partial charge in [-0.3, -0.25) is 0 Å². The third-order valence-electron chi connectivity index (χ3n) is 3.63. The molecule has 1 aliphatic heterocycles. The van der Waals surface area contributed by atoms with Crippen molar-refractivity contribution in [2.75, 3.05) is 13.2 Å². The van der Waals surface area contributed by atoms with Crippen LogP contribution in [0.15, 0.2) is 21.2 Å². The lowest BCUT2D eigenvalue weighted by Crippen LogP contribution is -2.33. The largest absolute Gasteiger partial charge is 0.466 e. The first kappa shape index (κ1) is 14.1. The van der Waals surface area contributed by atoms with Crippen molar-refractivity contribution in [3.63, 3.8) is 0 Å². The number of furan rings is 1. The molecule has 1 aromatic rings. The van der Waals surface area contributed by atoms with Crippen LogP contribution in [0.5, 0.6) is 0 Å². The molecule has 1 aliphatic rings. The Bertz CT molecular complexity index is 366. The number of nitrogens with one attached hydrogen (secondary N) is 1.